The van der Waals surface area contributed by atoms with E-state index >= 15 is 0 Å². The Labute approximate surface area is 142 Å². The number of carbonyl (C=O) groups is 1. The van der Waals surface area contributed by atoms with Crippen LogP contribution in [-0.4, -0.2) is 50.7 Å². The summed E-state index contributed by atoms with van der Waals surface area (Å²) in [5.41, 5.74) is 1.75. The molecule has 1 fully saturated rings. The molecule has 0 atom stereocenters. The van der Waals surface area contributed by atoms with Gasteiger partial charge in [-0.1, -0.05) is 32.0 Å². The van der Waals surface area contributed by atoms with Crippen LogP contribution in [0.25, 0.3) is 0 Å². The fraction of sp³-hybridized carbons (Fsp3) is 0.500. The maximum Gasteiger partial charge on any atom is 0.254 e. The molecule has 1 aromatic heterocycles. The summed E-state index contributed by atoms with van der Waals surface area (Å²) in [6.07, 6.45) is 5.20. The SMILES string of the molecule is CC(C)NC1CCN(C(=O)c2ccccc2Cn2cncn2)CC1. The normalized spacial score (nSPS) is 15.9. The summed E-state index contributed by atoms with van der Waals surface area (Å²) < 4.78 is 1.74. The van der Waals surface area contributed by atoms with Gasteiger partial charge in [-0.05, 0) is 24.5 Å². The predicted octanol–water partition coefficient (Wildman–Crippen LogP) is 1.93. The van der Waals surface area contributed by atoms with Crippen LogP contribution in [0.2, 0.25) is 0 Å². The first-order valence-electron chi connectivity index (χ1n) is 8.59. The molecule has 0 bridgehead atoms. The molecule has 3 rings (SSSR count). The van der Waals surface area contributed by atoms with Gasteiger partial charge >= 0.3 is 0 Å². The molecular formula is C18H25N5O. The zero-order valence-corrected chi connectivity index (χ0v) is 14.4. The number of carbonyl (C=O) groups excluding carboxylic acids is 1. The summed E-state index contributed by atoms with van der Waals surface area (Å²) in [4.78, 5) is 18.9. The van der Waals surface area contributed by atoms with Gasteiger partial charge in [-0.25, -0.2) is 9.67 Å². The van der Waals surface area contributed by atoms with E-state index in [-0.39, 0.29) is 5.91 Å². The van der Waals surface area contributed by atoms with Gasteiger partial charge in [0.1, 0.15) is 12.7 Å². The van der Waals surface area contributed by atoms with Crippen LogP contribution in [0.5, 0.6) is 0 Å². The van der Waals surface area contributed by atoms with E-state index in [0.717, 1.165) is 37.1 Å². The number of likely N-dealkylation sites (tertiary alicyclic amines) is 1. The van der Waals surface area contributed by atoms with Crippen LogP contribution in [0.1, 0.15) is 42.6 Å². The lowest BCUT2D eigenvalue weighted by Crippen LogP contribution is -2.46. The summed E-state index contributed by atoms with van der Waals surface area (Å²) in [6, 6.07) is 8.78. The Hall–Kier alpha value is -2.21. The number of nitrogens with one attached hydrogen (secondary N) is 1. The summed E-state index contributed by atoms with van der Waals surface area (Å²) in [7, 11) is 0. The Kier molecular flexibility index (Phi) is 5.25. The molecule has 1 N–H and O–H groups in total. The average molecular weight is 327 g/mol. The number of hydrogen-bond acceptors (Lipinski definition) is 4. The minimum Gasteiger partial charge on any atom is -0.339 e. The van der Waals surface area contributed by atoms with E-state index in [4.69, 9.17) is 0 Å². The molecule has 6 nitrogen and oxygen atoms in total. The summed E-state index contributed by atoms with van der Waals surface area (Å²) in [5.74, 6) is 0.119. The standard InChI is InChI=1S/C18H25N5O/c1-14(2)21-16-7-9-22(10-8-16)18(24)17-6-4-3-5-15(17)11-23-13-19-12-20-23/h3-6,12-14,16,21H,7-11H2,1-2H3. The van der Waals surface area contributed by atoms with Crippen LogP contribution in [0.15, 0.2) is 36.9 Å². The molecule has 0 unspecified atom stereocenters. The second-order valence-electron chi connectivity index (χ2n) is 6.64. The van der Waals surface area contributed by atoms with Gasteiger partial charge < -0.3 is 10.2 Å². The van der Waals surface area contributed by atoms with Crippen LogP contribution < -0.4 is 5.32 Å². The van der Waals surface area contributed by atoms with Crippen molar-refractivity contribution >= 4 is 5.91 Å². The van der Waals surface area contributed by atoms with E-state index in [1.807, 2.05) is 29.2 Å². The van der Waals surface area contributed by atoms with Gasteiger partial charge in [0.2, 0.25) is 0 Å². The second-order valence-corrected chi connectivity index (χ2v) is 6.64. The molecular weight excluding hydrogens is 302 g/mol. The van der Waals surface area contributed by atoms with Crippen molar-refractivity contribution in [1.29, 1.82) is 0 Å². The van der Waals surface area contributed by atoms with Crippen molar-refractivity contribution in [3.63, 3.8) is 0 Å². The highest BCUT2D eigenvalue weighted by atomic mass is 16.2. The third-order valence-corrected chi connectivity index (χ3v) is 4.40. The lowest BCUT2D eigenvalue weighted by atomic mass is 10.0. The topological polar surface area (TPSA) is 63.1 Å². The molecule has 1 aliphatic rings. The molecule has 6 heteroatoms. The molecule has 2 aromatic rings. The second kappa shape index (κ2) is 7.57. The van der Waals surface area contributed by atoms with Crippen molar-refractivity contribution < 1.29 is 4.79 Å². The summed E-state index contributed by atoms with van der Waals surface area (Å²) in [6.45, 7) is 6.50. The molecule has 0 saturated carbocycles. The monoisotopic (exact) mass is 327 g/mol. The third-order valence-electron chi connectivity index (χ3n) is 4.40. The van der Waals surface area contributed by atoms with Crippen molar-refractivity contribution in [2.45, 2.75) is 45.3 Å². The van der Waals surface area contributed by atoms with Crippen molar-refractivity contribution in [3.05, 3.63) is 48.0 Å². The highest BCUT2D eigenvalue weighted by molar-refractivity contribution is 5.95. The van der Waals surface area contributed by atoms with Gasteiger partial charge in [0.05, 0.1) is 6.54 Å². The third kappa shape index (κ3) is 4.00. The van der Waals surface area contributed by atoms with Crippen molar-refractivity contribution in [1.82, 2.24) is 25.0 Å². The number of rotatable bonds is 5. The Morgan fingerprint density at radius 2 is 2.04 bits per heavy atom. The number of piperidine rings is 1. The van der Waals surface area contributed by atoms with Gasteiger partial charge in [-0.2, -0.15) is 5.10 Å². The largest absolute Gasteiger partial charge is 0.339 e. The lowest BCUT2D eigenvalue weighted by molar-refractivity contribution is 0.0702. The van der Waals surface area contributed by atoms with E-state index in [1.165, 1.54) is 6.33 Å². The molecule has 1 aromatic carbocycles. The van der Waals surface area contributed by atoms with Crippen LogP contribution in [0.4, 0.5) is 0 Å². The summed E-state index contributed by atoms with van der Waals surface area (Å²) in [5, 5.41) is 7.70. The molecule has 128 valence electrons. The van der Waals surface area contributed by atoms with Crippen molar-refractivity contribution in [2.24, 2.45) is 0 Å². The molecule has 1 aliphatic heterocycles. The molecule has 2 heterocycles. The lowest BCUT2D eigenvalue weighted by Gasteiger charge is -2.33. The van der Waals surface area contributed by atoms with Crippen molar-refractivity contribution in [3.8, 4) is 0 Å². The quantitative estimate of drug-likeness (QED) is 0.911. The maximum absolute atomic E-state index is 12.9. The fourth-order valence-electron chi connectivity index (χ4n) is 3.25. The van der Waals surface area contributed by atoms with Gasteiger partial charge in [0.15, 0.2) is 0 Å². The Morgan fingerprint density at radius 1 is 1.29 bits per heavy atom. The Balaban J connectivity index is 1.67. The maximum atomic E-state index is 12.9. The zero-order chi connectivity index (χ0) is 16.9. The van der Waals surface area contributed by atoms with Gasteiger partial charge in [-0.15, -0.1) is 0 Å². The average Bonchev–Trinajstić information content (AvgIpc) is 3.08. The van der Waals surface area contributed by atoms with Gasteiger partial charge in [-0.3, -0.25) is 4.79 Å². The van der Waals surface area contributed by atoms with E-state index in [1.54, 1.807) is 11.0 Å². The van der Waals surface area contributed by atoms with E-state index in [0.29, 0.717) is 18.6 Å². The Morgan fingerprint density at radius 3 is 2.71 bits per heavy atom. The van der Waals surface area contributed by atoms with Crippen LogP contribution in [0, 0.1) is 0 Å². The van der Waals surface area contributed by atoms with Gasteiger partial charge in [0, 0.05) is 30.7 Å². The number of aromatic nitrogens is 3. The molecule has 0 aliphatic carbocycles. The minimum absolute atomic E-state index is 0.119. The first-order valence-corrected chi connectivity index (χ1v) is 8.59. The number of hydrogen-bond donors (Lipinski definition) is 1. The first kappa shape index (κ1) is 16.6. The van der Waals surface area contributed by atoms with Crippen LogP contribution in [-0.2, 0) is 6.54 Å². The predicted molar refractivity (Wildman–Crippen MR) is 92.8 cm³/mol. The molecule has 1 saturated heterocycles. The smallest absolute Gasteiger partial charge is 0.254 e. The fourth-order valence-corrected chi connectivity index (χ4v) is 3.25. The number of nitrogens with zero attached hydrogens (tertiary/aromatic N) is 4. The zero-order valence-electron chi connectivity index (χ0n) is 14.4. The van der Waals surface area contributed by atoms with E-state index in [9.17, 15) is 4.79 Å². The molecule has 0 spiro atoms. The molecule has 24 heavy (non-hydrogen) atoms. The number of benzene rings is 1. The summed E-state index contributed by atoms with van der Waals surface area (Å²) >= 11 is 0. The van der Waals surface area contributed by atoms with Crippen molar-refractivity contribution in [2.75, 3.05) is 13.1 Å². The first-order chi connectivity index (χ1) is 11.6. The van der Waals surface area contributed by atoms with Crippen LogP contribution >= 0.6 is 0 Å². The van der Waals surface area contributed by atoms with E-state index < -0.39 is 0 Å². The number of amides is 1. The van der Waals surface area contributed by atoms with Crippen LogP contribution in [0.3, 0.4) is 0 Å². The molecule has 0 radical (unpaired) electrons. The Bertz CT molecular complexity index is 660. The van der Waals surface area contributed by atoms with Gasteiger partial charge in [0.25, 0.3) is 5.91 Å². The highest BCUT2D eigenvalue weighted by Gasteiger charge is 2.25. The van der Waals surface area contributed by atoms with E-state index in [2.05, 4.69) is 29.2 Å². The minimum atomic E-state index is 0.119. The molecule has 1 amide bonds. The highest BCUT2D eigenvalue weighted by Crippen LogP contribution is 2.17.